The summed E-state index contributed by atoms with van der Waals surface area (Å²) in [6, 6.07) is 23.8. The van der Waals surface area contributed by atoms with Crippen molar-refractivity contribution in [3.8, 4) is 0 Å². The van der Waals surface area contributed by atoms with Crippen LogP contribution in [0.25, 0.3) is 0 Å². The molecular weight excluding hydrogens is 390 g/mol. The highest BCUT2D eigenvalue weighted by molar-refractivity contribution is 6.01. The molecule has 1 heterocycles. The molecule has 3 aromatic carbocycles. The summed E-state index contributed by atoms with van der Waals surface area (Å²) in [5, 5.41) is 18.6. The van der Waals surface area contributed by atoms with Gasteiger partial charge in [0.15, 0.2) is 5.78 Å². The Morgan fingerprint density at radius 1 is 0.839 bits per heavy atom. The molecule has 6 heteroatoms. The number of hydrogen-bond acceptors (Lipinski definition) is 5. The first kappa shape index (κ1) is 19.1. The predicted molar refractivity (Wildman–Crippen MR) is 120 cm³/mol. The van der Waals surface area contributed by atoms with Crippen LogP contribution >= 0.6 is 0 Å². The topological polar surface area (TPSA) is 84.3 Å². The average Bonchev–Trinajstić information content (AvgIpc) is 2.96. The molecule has 2 atom stereocenters. The van der Waals surface area contributed by atoms with E-state index < -0.39 is 6.04 Å². The standard InChI is InChI=1S/C25H21N3O3/c29-23-15-17(16-8-2-1-3-9-16)14-21-24(23)25(18-10-4-7-13-22(18)28(30)31)27-20-12-6-5-11-19(20)26-21/h1-13,17,25-27H,14-15H2/t17-,25+/m1/s1. The number of fused-ring (bicyclic) bond motifs is 1. The molecule has 5 rings (SSSR count). The summed E-state index contributed by atoms with van der Waals surface area (Å²) in [5.41, 5.74) is 4.69. The van der Waals surface area contributed by atoms with Crippen LogP contribution in [0.3, 0.4) is 0 Å². The smallest absolute Gasteiger partial charge is 0.275 e. The molecule has 0 aromatic heterocycles. The molecule has 0 spiro atoms. The lowest BCUT2D eigenvalue weighted by molar-refractivity contribution is -0.385. The molecule has 0 fully saturated rings. The third kappa shape index (κ3) is 3.46. The number of nitrogens with one attached hydrogen (secondary N) is 2. The highest BCUT2D eigenvalue weighted by Crippen LogP contribution is 2.45. The lowest BCUT2D eigenvalue weighted by atomic mass is 9.78. The second kappa shape index (κ2) is 7.72. The Bertz CT molecular complexity index is 1200. The molecular formula is C25H21N3O3. The maximum Gasteiger partial charge on any atom is 0.275 e. The number of carbonyl (C=O) groups excluding carboxylic acids is 1. The number of nitro groups is 1. The number of hydrogen-bond donors (Lipinski definition) is 2. The molecule has 1 aliphatic heterocycles. The van der Waals surface area contributed by atoms with Crippen LogP contribution in [0.15, 0.2) is 90.1 Å². The van der Waals surface area contributed by atoms with E-state index in [0.29, 0.717) is 24.0 Å². The summed E-state index contributed by atoms with van der Waals surface area (Å²) in [5.74, 6) is 0.0719. The molecule has 2 N–H and O–H groups in total. The van der Waals surface area contributed by atoms with Gasteiger partial charge in [0.25, 0.3) is 5.69 Å². The Hall–Kier alpha value is -3.93. The molecule has 0 unspecified atom stereocenters. The largest absolute Gasteiger partial charge is 0.372 e. The van der Waals surface area contributed by atoms with Crippen molar-refractivity contribution < 1.29 is 9.72 Å². The quantitative estimate of drug-likeness (QED) is 0.434. The Kier molecular flexibility index (Phi) is 4.75. The number of ketones is 1. The number of anilines is 2. The number of nitrogens with zero attached hydrogens (tertiary/aromatic N) is 1. The summed E-state index contributed by atoms with van der Waals surface area (Å²) >= 11 is 0. The predicted octanol–water partition coefficient (Wildman–Crippen LogP) is 5.57. The molecule has 154 valence electrons. The van der Waals surface area contributed by atoms with Crippen molar-refractivity contribution in [3.05, 3.63) is 111 Å². The zero-order valence-electron chi connectivity index (χ0n) is 16.7. The number of allylic oxidation sites excluding steroid dienone is 1. The van der Waals surface area contributed by atoms with E-state index in [0.717, 1.165) is 22.6 Å². The molecule has 0 radical (unpaired) electrons. The Morgan fingerprint density at radius 2 is 1.52 bits per heavy atom. The Labute approximate surface area is 179 Å². The number of nitro benzene ring substituents is 1. The number of carbonyl (C=O) groups is 1. The summed E-state index contributed by atoms with van der Waals surface area (Å²) in [6.45, 7) is 0. The van der Waals surface area contributed by atoms with E-state index in [9.17, 15) is 14.9 Å². The Morgan fingerprint density at radius 3 is 2.29 bits per heavy atom. The van der Waals surface area contributed by atoms with Gasteiger partial charge in [-0.2, -0.15) is 0 Å². The van der Waals surface area contributed by atoms with Gasteiger partial charge in [-0.3, -0.25) is 14.9 Å². The molecule has 1 aliphatic carbocycles. The van der Waals surface area contributed by atoms with Gasteiger partial charge in [0.1, 0.15) is 0 Å². The van der Waals surface area contributed by atoms with Gasteiger partial charge in [-0.15, -0.1) is 0 Å². The van der Waals surface area contributed by atoms with Crippen LogP contribution in [0, 0.1) is 10.1 Å². The molecule has 2 aliphatic rings. The van der Waals surface area contributed by atoms with E-state index >= 15 is 0 Å². The van der Waals surface area contributed by atoms with Crippen LogP contribution in [0.5, 0.6) is 0 Å². The van der Waals surface area contributed by atoms with Crippen LogP contribution in [-0.2, 0) is 4.79 Å². The fourth-order valence-corrected chi connectivity index (χ4v) is 4.58. The van der Waals surface area contributed by atoms with Crippen LogP contribution in [0.2, 0.25) is 0 Å². The minimum atomic E-state index is -0.600. The van der Waals surface area contributed by atoms with Crippen molar-refractivity contribution >= 4 is 22.8 Å². The third-order valence-corrected chi connectivity index (χ3v) is 6.02. The summed E-state index contributed by atoms with van der Waals surface area (Å²) in [6.07, 6.45) is 1.04. The maximum atomic E-state index is 13.5. The maximum absolute atomic E-state index is 13.5. The van der Waals surface area contributed by atoms with Crippen LogP contribution in [0.1, 0.15) is 35.9 Å². The first-order valence-corrected chi connectivity index (χ1v) is 10.3. The van der Waals surface area contributed by atoms with Gasteiger partial charge in [0, 0.05) is 23.8 Å². The number of rotatable bonds is 3. The van der Waals surface area contributed by atoms with E-state index in [1.165, 1.54) is 6.07 Å². The fourth-order valence-electron chi connectivity index (χ4n) is 4.58. The van der Waals surface area contributed by atoms with Gasteiger partial charge in [-0.1, -0.05) is 54.6 Å². The number of Topliss-reactive ketones (excluding diaryl/α,β-unsaturated/α-hetero) is 1. The van der Waals surface area contributed by atoms with E-state index in [2.05, 4.69) is 10.6 Å². The van der Waals surface area contributed by atoms with E-state index in [4.69, 9.17) is 0 Å². The normalized spacial score (nSPS) is 20.1. The first-order valence-electron chi connectivity index (χ1n) is 10.3. The highest BCUT2D eigenvalue weighted by atomic mass is 16.6. The number of benzene rings is 3. The Balaban J connectivity index is 1.66. The van der Waals surface area contributed by atoms with Crippen LogP contribution in [-0.4, -0.2) is 10.7 Å². The van der Waals surface area contributed by atoms with Crippen molar-refractivity contribution in [3.63, 3.8) is 0 Å². The highest BCUT2D eigenvalue weighted by Gasteiger charge is 2.38. The van der Waals surface area contributed by atoms with Crippen molar-refractivity contribution in [1.29, 1.82) is 0 Å². The third-order valence-electron chi connectivity index (χ3n) is 6.02. The van der Waals surface area contributed by atoms with Crippen LogP contribution < -0.4 is 10.6 Å². The molecule has 31 heavy (non-hydrogen) atoms. The van der Waals surface area contributed by atoms with Gasteiger partial charge in [0.05, 0.1) is 27.9 Å². The number of para-hydroxylation sites is 3. The molecule has 0 bridgehead atoms. The SMILES string of the molecule is O=C1C[C@H](c2ccccc2)CC2=C1[C@H](c1ccccc1[N+](=O)[O-])Nc1ccccc1N2. The minimum Gasteiger partial charge on any atom is -0.372 e. The van der Waals surface area contributed by atoms with Crippen molar-refractivity contribution in [1.82, 2.24) is 0 Å². The van der Waals surface area contributed by atoms with Gasteiger partial charge >= 0.3 is 0 Å². The molecule has 0 amide bonds. The summed E-state index contributed by atoms with van der Waals surface area (Å²) in [4.78, 5) is 24.8. The molecule has 0 saturated heterocycles. The van der Waals surface area contributed by atoms with Crippen molar-refractivity contribution in [2.24, 2.45) is 0 Å². The second-order valence-electron chi connectivity index (χ2n) is 7.90. The average molecular weight is 411 g/mol. The monoisotopic (exact) mass is 411 g/mol. The van der Waals surface area contributed by atoms with Crippen LogP contribution in [0.4, 0.5) is 17.1 Å². The molecule has 0 saturated carbocycles. The van der Waals surface area contributed by atoms with Gasteiger partial charge in [-0.25, -0.2) is 0 Å². The molecule has 6 nitrogen and oxygen atoms in total. The van der Waals surface area contributed by atoms with E-state index in [-0.39, 0.29) is 22.3 Å². The van der Waals surface area contributed by atoms with E-state index in [1.54, 1.807) is 18.2 Å². The van der Waals surface area contributed by atoms with Crippen molar-refractivity contribution in [2.45, 2.75) is 24.8 Å². The van der Waals surface area contributed by atoms with Gasteiger partial charge in [-0.05, 0) is 36.1 Å². The van der Waals surface area contributed by atoms with Gasteiger partial charge < -0.3 is 10.6 Å². The lowest BCUT2D eigenvalue weighted by Gasteiger charge is -2.29. The first-order chi connectivity index (χ1) is 15.1. The molecule has 3 aromatic rings. The minimum absolute atomic E-state index is 0.00390. The van der Waals surface area contributed by atoms with E-state index in [1.807, 2.05) is 54.6 Å². The lowest BCUT2D eigenvalue weighted by Crippen LogP contribution is -2.27. The summed E-state index contributed by atoms with van der Waals surface area (Å²) in [7, 11) is 0. The fraction of sp³-hybridized carbons (Fsp3) is 0.160. The van der Waals surface area contributed by atoms with Crippen molar-refractivity contribution in [2.75, 3.05) is 10.6 Å². The zero-order valence-corrected chi connectivity index (χ0v) is 16.7. The second-order valence-corrected chi connectivity index (χ2v) is 7.90. The zero-order chi connectivity index (χ0) is 21.4. The summed E-state index contributed by atoms with van der Waals surface area (Å²) < 4.78 is 0. The van der Waals surface area contributed by atoms with Gasteiger partial charge in [0.2, 0.25) is 0 Å².